The molecule has 158 valence electrons. The number of likely N-dealkylation sites (N-methyl/N-ethyl adjacent to an activating group) is 1. The fraction of sp³-hybridized carbons (Fsp3) is 0.476. The lowest BCUT2D eigenvalue weighted by Crippen LogP contribution is -2.45. The van der Waals surface area contributed by atoms with Crippen LogP contribution in [0.1, 0.15) is 12.0 Å². The van der Waals surface area contributed by atoms with Gasteiger partial charge in [-0.3, -0.25) is 9.59 Å². The zero-order valence-corrected chi connectivity index (χ0v) is 16.8. The number of benzene rings is 1. The molecule has 0 spiro atoms. The zero-order chi connectivity index (χ0) is 21.1. The minimum atomic E-state index is -1.12. The third-order valence-corrected chi connectivity index (χ3v) is 4.83. The molecular weight excluding hydrogens is 372 g/mol. The molecule has 0 bridgehead atoms. The summed E-state index contributed by atoms with van der Waals surface area (Å²) in [4.78, 5) is 39.8. The number of hydrogen-bond acceptors (Lipinski definition) is 5. The van der Waals surface area contributed by atoms with Crippen LogP contribution in [0.4, 0.5) is 0 Å². The molecule has 0 unspecified atom stereocenters. The van der Waals surface area contributed by atoms with E-state index in [9.17, 15) is 19.5 Å². The molecule has 1 aromatic carbocycles. The van der Waals surface area contributed by atoms with E-state index in [2.05, 4.69) is 27.5 Å². The first kappa shape index (κ1) is 22.6. The van der Waals surface area contributed by atoms with E-state index in [1.54, 1.807) is 12.1 Å². The van der Waals surface area contributed by atoms with Crippen molar-refractivity contribution in [3.63, 3.8) is 0 Å². The number of aliphatic carboxylic acids is 1. The summed E-state index contributed by atoms with van der Waals surface area (Å²) in [6.45, 7) is 5.66. The highest BCUT2D eigenvalue weighted by atomic mass is 16.4. The number of hydrogen-bond donors (Lipinski definition) is 3. The van der Waals surface area contributed by atoms with Crippen molar-refractivity contribution in [2.75, 3.05) is 46.3 Å². The first-order valence-electron chi connectivity index (χ1n) is 9.88. The van der Waals surface area contributed by atoms with Gasteiger partial charge in [-0.15, -0.1) is 0 Å². The number of carboxylic acid groups (broad SMARTS) is 1. The third kappa shape index (κ3) is 8.89. The van der Waals surface area contributed by atoms with Crippen molar-refractivity contribution in [1.29, 1.82) is 0 Å². The fourth-order valence-corrected chi connectivity index (χ4v) is 3.07. The Bertz CT molecular complexity index is 700. The number of amides is 2. The van der Waals surface area contributed by atoms with Crippen LogP contribution in [0, 0.1) is 0 Å². The Morgan fingerprint density at radius 3 is 2.38 bits per heavy atom. The number of nitrogens with zero attached hydrogens (tertiary/aromatic N) is 2. The van der Waals surface area contributed by atoms with E-state index >= 15 is 0 Å². The van der Waals surface area contributed by atoms with Crippen LogP contribution in [0.15, 0.2) is 42.5 Å². The standard InChI is InChI=1S/C21H30N4O4/c1-24-12-14-25(15-13-24)11-5-10-22-19(26)8-9-20(27)23-18(21(28)29)16-17-6-3-2-4-7-17/h2-4,6-9,18H,5,10-16H2,1H3,(H,22,26)(H,23,27)(H,28,29)/b9-8+/t18-/m0/s1. The average molecular weight is 402 g/mol. The van der Waals surface area contributed by atoms with Crippen LogP contribution in [0.25, 0.3) is 0 Å². The van der Waals surface area contributed by atoms with E-state index in [4.69, 9.17) is 0 Å². The average Bonchev–Trinajstić information content (AvgIpc) is 2.71. The van der Waals surface area contributed by atoms with Crippen molar-refractivity contribution in [1.82, 2.24) is 20.4 Å². The van der Waals surface area contributed by atoms with Crippen LogP contribution in [-0.4, -0.2) is 85.0 Å². The Labute approximate surface area is 171 Å². The second-order valence-corrected chi connectivity index (χ2v) is 7.21. The van der Waals surface area contributed by atoms with Gasteiger partial charge in [0.15, 0.2) is 0 Å². The van der Waals surface area contributed by atoms with Crippen LogP contribution < -0.4 is 10.6 Å². The first-order chi connectivity index (χ1) is 13.9. The molecule has 1 atom stereocenters. The lowest BCUT2D eigenvalue weighted by molar-refractivity contribution is -0.141. The smallest absolute Gasteiger partial charge is 0.326 e. The molecule has 0 aliphatic carbocycles. The van der Waals surface area contributed by atoms with Gasteiger partial charge in [-0.25, -0.2) is 4.79 Å². The highest BCUT2D eigenvalue weighted by Gasteiger charge is 2.19. The number of rotatable bonds is 10. The maximum absolute atomic E-state index is 12.0. The largest absolute Gasteiger partial charge is 0.480 e. The maximum Gasteiger partial charge on any atom is 0.326 e. The third-order valence-electron chi connectivity index (χ3n) is 4.83. The SMILES string of the molecule is CN1CCN(CCCNC(=O)/C=C/C(=O)N[C@@H](Cc2ccccc2)C(=O)O)CC1. The molecule has 1 fully saturated rings. The predicted octanol–water partition coefficient (Wildman–Crippen LogP) is 0.108. The van der Waals surface area contributed by atoms with Crippen molar-refractivity contribution < 1.29 is 19.5 Å². The van der Waals surface area contributed by atoms with Gasteiger partial charge >= 0.3 is 5.97 Å². The topological polar surface area (TPSA) is 102 Å². The monoisotopic (exact) mass is 402 g/mol. The Hall–Kier alpha value is -2.71. The van der Waals surface area contributed by atoms with Gasteiger partial charge in [-0.2, -0.15) is 0 Å². The molecule has 3 N–H and O–H groups in total. The van der Waals surface area contributed by atoms with Crippen molar-refractivity contribution in [2.45, 2.75) is 18.9 Å². The van der Waals surface area contributed by atoms with Crippen molar-refractivity contribution in [2.24, 2.45) is 0 Å². The lowest BCUT2D eigenvalue weighted by Gasteiger charge is -2.32. The lowest BCUT2D eigenvalue weighted by atomic mass is 10.1. The Morgan fingerprint density at radius 2 is 1.72 bits per heavy atom. The van der Waals surface area contributed by atoms with Crippen LogP contribution >= 0.6 is 0 Å². The molecule has 8 heteroatoms. The minimum absolute atomic E-state index is 0.175. The van der Waals surface area contributed by atoms with E-state index in [-0.39, 0.29) is 12.3 Å². The predicted molar refractivity (Wildman–Crippen MR) is 110 cm³/mol. The van der Waals surface area contributed by atoms with Gasteiger partial charge in [0.2, 0.25) is 11.8 Å². The van der Waals surface area contributed by atoms with Gasteiger partial charge in [0, 0.05) is 51.3 Å². The second-order valence-electron chi connectivity index (χ2n) is 7.21. The number of piperazine rings is 1. The summed E-state index contributed by atoms with van der Waals surface area (Å²) in [6.07, 6.45) is 3.21. The van der Waals surface area contributed by atoms with Crippen molar-refractivity contribution >= 4 is 17.8 Å². The number of carbonyl (C=O) groups is 3. The summed E-state index contributed by atoms with van der Waals surface area (Å²) in [5, 5.41) is 14.5. The Morgan fingerprint density at radius 1 is 1.07 bits per heavy atom. The highest BCUT2D eigenvalue weighted by molar-refractivity contribution is 5.98. The summed E-state index contributed by atoms with van der Waals surface area (Å²) < 4.78 is 0. The molecular formula is C21H30N4O4. The minimum Gasteiger partial charge on any atom is -0.480 e. The Balaban J connectivity index is 1.67. The summed E-state index contributed by atoms with van der Waals surface area (Å²) >= 11 is 0. The van der Waals surface area contributed by atoms with Gasteiger partial charge in [0.1, 0.15) is 6.04 Å². The van der Waals surface area contributed by atoms with Crippen molar-refractivity contribution in [3.8, 4) is 0 Å². The molecule has 29 heavy (non-hydrogen) atoms. The fourth-order valence-electron chi connectivity index (χ4n) is 3.07. The number of carboxylic acids is 1. The van der Waals surface area contributed by atoms with E-state index in [1.807, 2.05) is 18.2 Å². The molecule has 0 saturated carbocycles. The maximum atomic E-state index is 12.0. The molecule has 8 nitrogen and oxygen atoms in total. The van der Waals surface area contributed by atoms with E-state index in [1.165, 1.54) is 0 Å². The summed E-state index contributed by atoms with van der Waals surface area (Å²) in [5.74, 6) is -2.10. The molecule has 0 aromatic heterocycles. The second kappa shape index (κ2) is 12.0. The summed E-state index contributed by atoms with van der Waals surface area (Å²) in [7, 11) is 2.11. The molecule has 1 saturated heterocycles. The van der Waals surface area contributed by atoms with Crippen LogP contribution in [0.5, 0.6) is 0 Å². The van der Waals surface area contributed by atoms with Gasteiger partial charge in [-0.05, 0) is 25.6 Å². The van der Waals surface area contributed by atoms with Crippen LogP contribution in [-0.2, 0) is 20.8 Å². The number of nitrogens with one attached hydrogen (secondary N) is 2. The quantitative estimate of drug-likeness (QED) is 0.379. The highest BCUT2D eigenvalue weighted by Crippen LogP contribution is 2.03. The van der Waals surface area contributed by atoms with Gasteiger partial charge in [0.05, 0.1) is 0 Å². The zero-order valence-electron chi connectivity index (χ0n) is 16.8. The Kier molecular flexibility index (Phi) is 9.33. The van der Waals surface area contributed by atoms with E-state index in [0.29, 0.717) is 6.54 Å². The van der Waals surface area contributed by atoms with Crippen LogP contribution in [0.3, 0.4) is 0 Å². The molecule has 1 aromatic rings. The summed E-state index contributed by atoms with van der Waals surface area (Å²) in [5.41, 5.74) is 0.808. The van der Waals surface area contributed by atoms with E-state index in [0.717, 1.165) is 56.9 Å². The molecule has 2 rings (SSSR count). The first-order valence-corrected chi connectivity index (χ1v) is 9.88. The summed E-state index contributed by atoms with van der Waals surface area (Å²) in [6, 6.07) is 8.00. The number of carbonyl (C=O) groups excluding carboxylic acids is 2. The van der Waals surface area contributed by atoms with Gasteiger partial charge < -0.3 is 25.5 Å². The molecule has 1 aliphatic heterocycles. The van der Waals surface area contributed by atoms with Crippen LogP contribution in [0.2, 0.25) is 0 Å². The van der Waals surface area contributed by atoms with Gasteiger partial charge in [0.25, 0.3) is 0 Å². The van der Waals surface area contributed by atoms with Crippen molar-refractivity contribution in [3.05, 3.63) is 48.0 Å². The van der Waals surface area contributed by atoms with E-state index < -0.39 is 17.9 Å². The molecule has 1 heterocycles. The molecule has 0 radical (unpaired) electrons. The van der Waals surface area contributed by atoms with Gasteiger partial charge in [-0.1, -0.05) is 30.3 Å². The molecule has 2 amide bonds. The molecule has 1 aliphatic rings. The normalized spacial score (nSPS) is 16.4.